The molecule has 1 spiro atoms. The molecule has 5 nitrogen and oxygen atoms in total. The Morgan fingerprint density at radius 2 is 0.774 bits per heavy atom. The number of rotatable bonds is 6. The van der Waals surface area contributed by atoms with E-state index in [1.54, 1.807) is 0 Å². The first kappa shape index (κ1) is 35.6. The molecule has 0 N–H and O–H groups in total. The Hall–Kier alpha value is -8.28. The second-order valence-electron chi connectivity index (χ2n) is 15.8. The maximum absolute atomic E-state index is 5.08. The van der Waals surface area contributed by atoms with Gasteiger partial charge in [-0.2, -0.15) is 0 Å². The number of nitrogens with zero attached hydrogens (tertiary/aromatic N) is 5. The lowest BCUT2D eigenvalue weighted by molar-refractivity contribution is 0.751. The largest absolute Gasteiger partial charge is 0.310 e. The van der Waals surface area contributed by atoms with Crippen LogP contribution in [0.3, 0.4) is 0 Å². The number of fused-ring (bicyclic) bond motifs is 9. The van der Waals surface area contributed by atoms with Gasteiger partial charge in [0, 0.05) is 34.1 Å². The van der Waals surface area contributed by atoms with Crippen LogP contribution in [0.15, 0.2) is 225 Å². The molecule has 1 aliphatic heterocycles. The van der Waals surface area contributed by atoms with Crippen molar-refractivity contribution in [1.82, 2.24) is 19.9 Å². The van der Waals surface area contributed by atoms with Crippen LogP contribution in [0.1, 0.15) is 22.3 Å². The number of anilines is 3. The van der Waals surface area contributed by atoms with Crippen LogP contribution in [-0.2, 0) is 5.41 Å². The average molecular weight is 792 g/mol. The number of hydrogen-bond donors (Lipinski definition) is 0. The van der Waals surface area contributed by atoms with E-state index in [4.69, 9.17) is 19.9 Å². The Balaban J connectivity index is 0.987. The lowest BCUT2D eigenvalue weighted by Gasteiger charge is -2.45. The average Bonchev–Trinajstić information content (AvgIpc) is 3.65. The van der Waals surface area contributed by atoms with Crippen molar-refractivity contribution in [3.05, 3.63) is 247 Å². The Kier molecular flexibility index (Phi) is 8.32. The molecule has 2 aliphatic rings. The summed E-state index contributed by atoms with van der Waals surface area (Å²) in [5.41, 5.74) is 17.3. The third-order valence-corrected chi connectivity index (χ3v) is 12.4. The predicted molar refractivity (Wildman–Crippen MR) is 250 cm³/mol. The minimum Gasteiger partial charge on any atom is -0.310 e. The molecule has 290 valence electrons. The molecular weight excluding hydrogens is 755 g/mol. The smallest absolute Gasteiger partial charge is 0.164 e. The van der Waals surface area contributed by atoms with E-state index >= 15 is 0 Å². The van der Waals surface area contributed by atoms with Crippen molar-refractivity contribution in [2.45, 2.75) is 5.41 Å². The lowest BCUT2D eigenvalue weighted by Crippen LogP contribution is -2.36. The third-order valence-electron chi connectivity index (χ3n) is 12.4. The van der Waals surface area contributed by atoms with Gasteiger partial charge in [0.2, 0.25) is 0 Å². The van der Waals surface area contributed by atoms with Crippen LogP contribution in [0.5, 0.6) is 0 Å². The molecule has 5 heteroatoms. The van der Waals surface area contributed by atoms with Crippen molar-refractivity contribution in [1.29, 1.82) is 0 Å². The van der Waals surface area contributed by atoms with E-state index in [-0.39, 0.29) is 0 Å². The number of benzene rings is 8. The fraction of sp³-hybridized carbons (Fsp3) is 0.0175. The molecule has 0 bridgehead atoms. The third kappa shape index (κ3) is 5.63. The van der Waals surface area contributed by atoms with Gasteiger partial charge >= 0.3 is 0 Å². The standard InChI is InChI=1S/C57H37N5/c1-4-17-38(18-5-1)54-59-55(39-19-6-2-7-20-39)61-56(60-54)44-24-15-23-42(36-44)40-21-14-22-41(35-40)43-32-33-46-50(37-43)57(49-29-16-34-58-53(46)49)47-27-10-12-30-51(47)62(45-25-8-3-9-26-45)52-31-13-11-28-48(52)57/h1-37H. The van der Waals surface area contributed by atoms with Crippen molar-refractivity contribution < 1.29 is 0 Å². The number of para-hydroxylation sites is 3. The zero-order valence-corrected chi connectivity index (χ0v) is 33.6. The van der Waals surface area contributed by atoms with Gasteiger partial charge in [-0.05, 0) is 93.0 Å². The highest BCUT2D eigenvalue weighted by Gasteiger charge is 2.52. The van der Waals surface area contributed by atoms with Crippen LogP contribution in [0, 0.1) is 0 Å². The van der Waals surface area contributed by atoms with Crippen LogP contribution in [0.25, 0.3) is 67.7 Å². The zero-order valence-electron chi connectivity index (χ0n) is 33.6. The van der Waals surface area contributed by atoms with Gasteiger partial charge in [-0.1, -0.05) is 170 Å². The quantitative estimate of drug-likeness (QED) is 0.168. The highest BCUT2D eigenvalue weighted by molar-refractivity contribution is 5.96. The molecule has 0 amide bonds. The van der Waals surface area contributed by atoms with Gasteiger partial charge in [0.25, 0.3) is 0 Å². The van der Waals surface area contributed by atoms with Crippen LogP contribution >= 0.6 is 0 Å². The summed E-state index contributed by atoms with van der Waals surface area (Å²) in [5.74, 6) is 1.92. The summed E-state index contributed by atoms with van der Waals surface area (Å²) in [6.07, 6.45) is 1.92. The Bertz CT molecular complexity index is 3200. The molecule has 3 heterocycles. The first-order valence-electron chi connectivity index (χ1n) is 21.0. The van der Waals surface area contributed by atoms with Crippen molar-refractivity contribution in [2.75, 3.05) is 4.90 Å². The molecule has 8 aromatic carbocycles. The van der Waals surface area contributed by atoms with Crippen molar-refractivity contribution in [3.8, 4) is 67.7 Å². The summed E-state index contributed by atoms with van der Waals surface area (Å²) in [5, 5.41) is 0. The van der Waals surface area contributed by atoms with E-state index < -0.39 is 5.41 Å². The first-order valence-corrected chi connectivity index (χ1v) is 21.0. The van der Waals surface area contributed by atoms with Gasteiger partial charge < -0.3 is 4.90 Å². The van der Waals surface area contributed by atoms with Crippen LogP contribution in [0.4, 0.5) is 17.1 Å². The molecule has 10 aromatic rings. The molecule has 0 atom stereocenters. The fourth-order valence-corrected chi connectivity index (χ4v) is 9.64. The predicted octanol–water partition coefficient (Wildman–Crippen LogP) is 13.7. The van der Waals surface area contributed by atoms with Gasteiger partial charge in [-0.3, -0.25) is 4.98 Å². The van der Waals surface area contributed by atoms with E-state index in [1.807, 2.05) is 66.9 Å². The second-order valence-corrected chi connectivity index (χ2v) is 15.8. The number of hydrogen-bond acceptors (Lipinski definition) is 5. The molecule has 0 fully saturated rings. The Labute approximate surface area is 360 Å². The van der Waals surface area contributed by atoms with Crippen LogP contribution < -0.4 is 4.90 Å². The number of pyridine rings is 1. The second kappa shape index (κ2) is 14.5. The number of aromatic nitrogens is 4. The van der Waals surface area contributed by atoms with Gasteiger partial charge in [0.1, 0.15) is 0 Å². The van der Waals surface area contributed by atoms with E-state index in [2.05, 4.69) is 163 Å². The summed E-state index contributed by atoms with van der Waals surface area (Å²) >= 11 is 0. The Morgan fingerprint density at radius 1 is 0.323 bits per heavy atom. The lowest BCUT2D eigenvalue weighted by atomic mass is 9.64. The van der Waals surface area contributed by atoms with Crippen molar-refractivity contribution in [2.24, 2.45) is 0 Å². The van der Waals surface area contributed by atoms with Crippen molar-refractivity contribution >= 4 is 17.1 Å². The molecule has 12 rings (SSSR count). The maximum Gasteiger partial charge on any atom is 0.164 e. The van der Waals surface area contributed by atoms with Crippen molar-refractivity contribution in [3.63, 3.8) is 0 Å². The van der Waals surface area contributed by atoms with Crippen LogP contribution in [0.2, 0.25) is 0 Å². The highest BCUT2D eigenvalue weighted by atomic mass is 15.2. The SMILES string of the molecule is c1ccc(-c2nc(-c3ccccc3)nc(-c3cccc(-c4cccc(-c5ccc6c(c5)C5(c7ccccc7N(c7ccccc7)c7ccccc75)c5cccnc5-6)c4)c3)n2)cc1. The summed E-state index contributed by atoms with van der Waals surface area (Å²) in [7, 11) is 0. The molecular formula is C57H37N5. The molecule has 2 aromatic heterocycles. The monoisotopic (exact) mass is 791 g/mol. The molecule has 0 saturated carbocycles. The maximum atomic E-state index is 5.08. The van der Waals surface area contributed by atoms with E-state index in [0.29, 0.717) is 17.5 Å². The highest BCUT2D eigenvalue weighted by Crippen LogP contribution is 2.63. The van der Waals surface area contributed by atoms with E-state index in [9.17, 15) is 0 Å². The topological polar surface area (TPSA) is 54.8 Å². The molecule has 1 aliphatic carbocycles. The summed E-state index contributed by atoms with van der Waals surface area (Å²) in [6.45, 7) is 0. The van der Waals surface area contributed by atoms with Gasteiger partial charge in [-0.25, -0.2) is 15.0 Å². The summed E-state index contributed by atoms with van der Waals surface area (Å²) < 4.78 is 0. The molecule has 0 unspecified atom stereocenters. The summed E-state index contributed by atoms with van der Waals surface area (Å²) in [4.78, 5) is 22.4. The minimum absolute atomic E-state index is 0.582. The molecule has 62 heavy (non-hydrogen) atoms. The molecule has 0 saturated heterocycles. The Morgan fingerprint density at radius 3 is 1.37 bits per heavy atom. The van der Waals surface area contributed by atoms with Gasteiger partial charge in [0.05, 0.1) is 22.5 Å². The van der Waals surface area contributed by atoms with E-state index in [1.165, 1.54) is 22.3 Å². The first-order chi connectivity index (χ1) is 30.7. The zero-order chi connectivity index (χ0) is 41.0. The van der Waals surface area contributed by atoms with Gasteiger partial charge in [0.15, 0.2) is 17.5 Å². The normalized spacial score (nSPS) is 12.9. The molecule has 0 radical (unpaired) electrons. The fourth-order valence-electron chi connectivity index (χ4n) is 9.64. The summed E-state index contributed by atoms with van der Waals surface area (Å²) in [6, 6.07) is 77.4. The van der Waals surface area contributed by atoms with Gasteiger partial charge in [-0.15, -0.1) is 0 Å². The minimum atomic E-state index is -0.582. The van der Waals surface area contributed by atoms with Crippen LogP contribution in [-0.4, -0.2) is 19.9 Å². The van der Waals surface area contributed by atoms with E-state index in [0.717, 1.165) is 67.3 Å².